The summed E-state index contributed by atoms with van der Waals surface area (Å²) in [6.45, 7) is 6.47. The molecule has 3 N–H and O–H groups in total. The molecule has 6 aromatic rings. The van der Waals surface area contributed by atoms with Crippen molar-refractivity contribution in [2.24, 2.45) is 0 Å². The number of nitrogens with one attached hydrogen (secondary N) is 2. The summed E-state index contributed by atoms with van der Waals surface area (Å²) >= 11 is 1.46. The molecule has 9 rings (SSSR count). The van der Waals surface area contributed by atoms with Crippen LogP contribution in [0, 0.1) is 0 Å². The van der Waals surface area contributed by atoms with Gasteiger partial charge in [0.1, 0.15) is 30.0 Å². The number of aromatic nitrogens is 2. The minimum absolute atomic E-state index is 0.0989. The second-order valence-electron chi connectivity index (χ2n) is 15.1. The van der Waals surface area contributed by atoms with Gasteiger partial charge in [-0.3, -0.25) is 33.9 Å². The Hall–Kier alpha value is -6.64. The number of piperidine rings is 1. The predicted octanol–water partition coefficient (Wildman–Crippen LogP) is 5.23. The van der Waals surface area contributed by atoms with E-state index in [2.05, 4.69) is 17.2 Å². The number of imide groups is 1. The van der Waals surface area contributed by atoms with Crippen molar-refractivity contribution in [3.05, 3.63) is 135 Å². The smallest absolute Gasteiger partial charge is 0.261 e. The van der Waals surface area contributed by atoms with E-state index >= 15 is 0 Å². The number of nitrogens with zero attached hydrogens (tertiary/aromatic N) is 4. The van der Waals surface area contributed by atoms with Gasteiger partial charge in [-0.1, -0.05) is 49.0 Å². The first-order chi connectivity index (χ1) is 28.6. The van der Waals surface area contributed by atoms with E-state index in [1.54, 1.807) is 26.5 Å². The van der Waals surface area contributed by atoms with Gasteiger partial charge in [0.2, 0.25) is 17.7 Å². The SMILES string of the molecule is C=CC(=O)N1CC(c2nc3ccc(-c4cc(O)cc5ccccc45)cc3c(=O)n2CCNCc2ccc(OCc3scc4c3CN([C@H]3CCC(=O)NC3=O)C4=O)cc2)C1. The fourth-order valence-corrected chi connectivity index (χ4v) is 9.17. The molecule has 0 bridgehead atoms. The molecule has 298 valence electrons. The lowest BCUT2D eigenvalue weighted by atomic mass is 9.96. The number of thiophene rings is 1. The Balaban J connectivity index is 0.866. The zero-order valence-corrected chi connectivity index (χ0v) is 32.8. The van der Waals surface area contributed by atoms with Crippen LogP contribution in [0.15, 0.2) is 102 Å². The van der Waals surface area contributed by atoms with Gasteiger partial charge in [-0.25, -0.2) is 4.98 Å². The third-order valence-electron chi connectivity index (χ3n) is 11.4. The van der Waals surface area contributed by atoms with Crippen LogP contribution >= 0.6 is 11.3 Å². The van der Waals surface area contributed by atoms with Gasteiger partial charge in [0.05, 0.1) is 22.4 Å². The average Bonchev–Trinajstić information content (AvgIpc) is 3.77. The van der Waals surface area contributed by atoms with Gasteiger partial charge in [-0.05, 0) is 76.4 Å². The van der Waals surface area contributed by atoms with Crippen LogP contribution < -0.4 is 20.9 Å². The first-order valence-corrected chi connectivity index (χ1v) is 20.4. The van der Waals surface area contributed by atoms with Crippen LogP contribution in [0.1, 0.15) is 50.9 Å². The van der Waals surface area contributed by atoms with Crippen LogP contribution in [0.2, 0.25) is 0 Å². The van der Waals surface area contributed by atoms with E-state index in [0.717, 1.165) is 37.9 Å². The summed E-state index contributed by atoms with van der Waals surface area (Å²) in [5.41, 5.74) is 4.48. The number of likely N-dealkylation sites (tertiary alicyclic amines) is 1. The molecular weight excluding hydrogens is 769 g/mol. The number of phenols is 1. The Bertz CT molecular complexity index is 2750. The van der Waals surface area contributed by atoms with Gasteiger partial charge in [0.15, 0.2) is 0 Å². The van der Waals surface area contributed by atoms with Gasteiger partial charge in [-0.15, -0.1) is 11.3 Å². The van der Waals surface area contributed by atoms with Crippen molar-refractivity contribution in [3.8, 4) is 22.6 Å². The third kappa shape index (κ3) is 7.25. The molecule has 4 aromatic carbocycles. The summed E-state index contributed by atoms with van der Waals surface area (Å²) in [5, 5.41) is 20.4. The van der Waals surface area contributed by atoms with Gasteiger partial charge in [0.25, 0.3) is 11.5 Å². The number of aromatic hydroxyl groups is 1. The number of ether oxygens (including phenoxy) is 1. The molecule has 2 saturated heterocycles. The van der Waals surface area contributed by atoms with Gasteiger partial charge >= 0.3 is 0 Å². The molecule has 0 spiro atoms. The van der Waals surface area contributed by atoms with Crippen LogP contribution in [0.5, 0.6) is 11.5 Å². The van der Waals surface area contributed by atoms with E-state index in [-0.39, 0.29) is 48.0 Å². The largest absolute Gasteiger partial charge is 0.508 e. The number of carbonyl (C=O) groups is 4. The lowest BCUT2D eigenvalue weighted by Crippen LogP contribution is -2.52. The molecule has 5 heterocycles. The topological polar surface area (TPSA) is 163 Å². The van der Waals surface area contributed by atoms with Crippen molar-refractivity contribution >= 4 is 56.6 Å². The third-order valence-corrected chi connectivity index (χ3v) is 12.4. The second kappa shape index (κ2) is 15.6. The molecule has 0 radical (unpaired) electrons. The van der Waals surface area contributed by atoms with Crippen LogP contribution in [0.25, 0.3) is 32.8 Å². The fourth-order valence-electron chi connectivity index (χ4n) is 8.22. The zero-order chi connectivity index (χ0) is 40.8. The minimum Gasteiger partial charge on any atom is -0.508 e. The van der Waals surface area contributed by atoms with Crippen molar-refractivity contribution in [1.29, 1.82) is 0 Å². The van der Waals surface area contributed by atoms with Crippen molar-refractivity contribution in [3.63, 3.8) is 0 Å². The van der Waals surface area contributed by atoms with Gasteiger partial charge in [0, 0.05) is 61.5 Å². The van der Waals surface area contributed by atoms with Crippen molar-refractivity contribution in [2.75, 3.05) is 19.6 Å². The monoisotopic (exact) mass is 808 g/mol. The number of fused-ring (bicyclic) bond motifs is 3. The summed E-state index contributed by atoms with van der Waals surface area (Å²) in [7, 11) is 0. The highest BCUT2D eigenvalue weighted by Crippen LogP contribution is 2.36. The average molecular weight is 809 g/mol. The van der Waals surface area contributed by atoms with Crippen molar-refractivity contribution in [1.82, 2.24) is 30.0 Å². The van der Waals surface area contributed by atoms with Crippen LogP contribution in [0.4, 0.5) is 0 Å². The summed E-state index contributed by atoms with van der Waals surface area (Å²) in [5.74, 6) is 0.252. The van der Waals surface area contributed by atoms with Crippen LogP contribution in [0.3, 0.4) is 0 Å². The van der Waals surface area contributed by atoms with Gasteiger partial charge < -0.3 is 25.0 Å². The molecule has 4 amide bonds. The number of carbonyl (C=O) groups excluding carboxylic acids is 4. The molecule has 13 nitrogen and oxygen atoms in total. The maximum atomic E-state index is 14.3. The predicted molar refractivity (Wildman–Crippen MR) is 223 cm³/mol. The Labute approximate surface area is 342 Å². The zero-order valence-electron chi connectivity index (χ0n) is 32.0. The first kappa shape index (κ1) is 37.9. The molecule has 59 heavy (non-hydrogen) atoms. The number of hydrogen-bond donors (Lipinski definition) is 3. The Kier molecular flexibility index (Phi) is 10.0. The molecule has 2 aromatic heterocycles. The van der Waals surface area contributed by atoms with E-state index in [1.165, 1.54) is 17.4 Å². The summed E-state index contributed by atoms with van der Waals surface area (Å²) in [6, 6.07) is 23.9. The van der Waals surface area contributed by atoms with Crippen LogP contribution in [-0.4, -0.2) is 73.8 Å². The van der Waals surface area contributed by atoms with Gasteiger partial charge in [-0.2, -0.15) is 0 Å². The molecule has 0 aliphatic carbocycles. The highest BCUT2D eigenvalue weighted by atomic mass is 32.1. The molecule has 2 fully saturated rings. The highest BCUT2D eigenvalue weighted by molar-refractivity contribution is 7.10. The molecule has 3 aliphatic heterocycles. The number of phenolic OH excluding ortho intramolecular Hbond substituents is 1. The Morgan fingerprint density at radius 2 is 1.81 bits per heavy atom. The maximum absolute atomic E-state index is 14.3. The summed E-state index contributed by atoms with van der Waals surface area (Å²) in [4.78, 5) is 72.8. The number of hydrogen-bond acceptors (Lipinski definition) is 10. The quantitative estimate of drug-likeness (QED) is 0.0855. The van der Waals surface area contributed by atoms with Crippen molar-refractivity contribution in [2.45, 2.75) is 51.0 Å². The molecule has 0 saturated carbocycles. The molecule has 0 unspecified atom stereocenters. The standard InChI is InChI=1S/C45H40N6O7S/c1-2-41(54)49-21-29(22-49)42-47-37-12-9-28(33-19-30(52)17-27-5-3-4-6-32(27)33)18-34(37)44(56)50(42)16-15-46-20-26-7-10-31(11-8-26)58-24-39-35-23-51(45(57)36(35)25-59-39)38-13-14-40(53)48-43(38)55/h2-12,17-19,25,29,38,46,52H,1,13-16,20-24H2,(H,48,53,55)/t38-/m0/s1. The fraction of sp³-hybridized carbons (Fsp3) is 0.244. The van der Waals surface area contributed by atoms with E-state index in [1.807, 2.05) is 72.1 Å². The lowest BCUT2D eigenvalue weighted by Gasteiger charge is -2.39. The number of amides is 4. The van der Waals surface area contributed by atoms with E-state index < -0.39 is 11.9 Å². The van der Waals surface area contributed by atoms with E-state index in [4.69, 9.17) is 9.72 Å². The highest BCUT2D eigenvalue weighted by Gasteiger charge is 2.40. The molecule has 14 heteroatoms. The summed E-state index contributed by atoms with van der Waals surface area (Å²) in [6.07, 6.45) is 1.82. The lowest BCUT2D eigenvalue weighted by molar-refractivity contribution is -0.137. The van der Waals surface area contributed by atoms with E-state index in [9.17, 15) is 29.1 Å². The molecule has 1 atom stereocenters. The summed E-state index contributed by atoms with van der Waals surface area (Å²) < 4.78 is 7.83. The van der Waals surface area contributed by atoms with Crippen molar-refractivity contribution < 1.29 is 29.0 Å². The number of rotatable bonds is 12. The molecular formula is C45H40N6O7S. The van der Waals surface area contributed by atoms with E-state index in [0.29, 0.717) is 73.7 Å². The number of benzene rings is 4. The second-order valence-corrected chi connectivity index (χ2v) is 16.0. The molecule has 3 aliphatic rings. The maximum Gasteiger partial charge on any atom is 0.261 e. The normalized spacial score (nSPS) is 16.7. The first-order valence-electron chi connectivity index (χ1n) is 19.5. The van der Waals surface area contributed by atoms with Crippen LogP contribution in [-0.2, 0) is 40.6 Å². The Morgan fingerprint density at radius 3 is 2.61 bits per heavy atom. The minimum atomic E-state index is -0.658. The Morgan fingerprint density at radius 1 is 1.00 bits per heavy atom.